The zero-order valence-electron chi connectivity index (χ0n) is 16.8. The van der Waals surface area contributed by atoms with Crippen molar-refractivity contribution in [1.82, 2.24) is 5.32 Å². The molecule has 3 aromatic rings. The van der Waals surface area contributed by atoms with E-state index in [2.05, 4.69) is 10.0 Å². The van der Waals surface area contributed by atoms with Crippen LogP contribution >= 0.6 is 11.6 Å². The Morgan fingerprint density at radius 2 is 1.77 bits per heavy atom. The minimum Gasteiger partial charge on any atom is -0.492 e. The van der Waals surface area contributed by atoms with Gasteiger partial charge in [-0.05, 0) is 48.9 Å². The topological polar surface area (TPSA) is 84.5 Å². The van der Waals surface area contributed by atoms with Crippen LogP contribution in [0.2, 0.25) is 5.02 Å². The van der Waals surface area contributed by atoms with Crippen molar-refractivity contribution in [3.05, 3.63) is 88.4 Å². The summed E-state index contributed by atoms with van der Waals surface area (Å²) in [7, 11) is -3.76. The highest BCUT2D eigenvalue weighted by molar-refractivity contribution is 7.92. The standard InChI is InChI=1S/C23H21ClN2O4S/c1-15-5-2-3-8-20(15)26-31(28,29)17-11-9-16(10-12-17)23(27)25-21-13-14-30-22-18(21)6-4-7-19(22)24/h2-12,21,26H,13-14H2,1H3,(H,25,27). The van der Waals surface area contributed by atoms with Crippen LogP contribution < -0.4 is 14.8 Å². The van der Waals surface area contributed by atoms with Gasteiger partial charge in [0.25, 0.3) is 15.9 Å². The molecule has 1 aliphatic rings. The van der Waals surface area contributed by atoms with Crippen molar-refractivity contribution in [3.63, 3.8) is 0 Å². The highest BCUT2D eigenvalue weighted by Crippen LogP contribution is 2.37. The van der Waals surface area contributed by atoms with Crippen molar-refractivity contribution in [1.29, 1.82) is 0 Å². The third-order valence-corrected chi connectivity index (χ3v) is 6.83. The maximum Gasteiger partial charge on any atom is 0.261 e. The van der Waals surface area contributed by atoms with E-state index in [1.807, 2.05) is 31.2 Å². The second-order valence-corrected chi connectivity index (χ2v) is 9.36. The number of para-hydroxylation sites is 2. The number of sulfonamides is 1. The lowest BCUT2D eigenvalue weighted by molar-refractivity contribution is 0.0924. The Labute approximate surface area is 186 Å². The maximum atomic E-state index is 12.8. The van der Waals surface area contributed by atoms with E-state index in [-0.39, 0.29) is 16.8 Å². The van der Waals surface area contributed by atoms with Crippen molar-refractivity contribution in [2.45, 2.75) is 24.3 Å². The first-order valence-electron chi connectivity index (χ1n) is 9.76. The van der Waals surface area contributed by atoms with Gasteiger partial charge in [0.2, 0.25) is 0 Å². The van der Waals surface area contributed by atoms with Gasteiger partial charge in [-0.15, -0.1) is 0 Å². The predicted molar refractivity (Wildman–Crippen MR) is 120 cm³/mol. The molecular formula is C23H21ClN2O4S. The Kier molecular flexibility index (Phi) is 5.89. The van der Waals surface area contributed by atoms with E-state index in [1.165, 1.54) is 24.3 Å². The summed E-state index contributed by atoms with van der Waals surface area (Å²) < 4.78 is 33.6. The summed E-state index contributed by atoms with van der Waals surface area (Å²) in [6.07, 6.45) is 0.617. The minimum absolute atomic E-state index is 0.0792. The van der Waals surface area contributed by atoms with Gasteiger partial charge in [0.05, 0.1) is 28.3 Å². The summed E-state index contributed by atoms with van der Waals surface area (Å²) in [6, 6.07) is 18.2. The van der Waals surface area contributed by atoms with E-state index in [9.17, 15) is 13.2 Å². The van der Waals surface area contributed by atoms with Crippen LogP contribution in [-0.4, -0.2) is 20.9 Å². The number of aryl methyl sites for hydroxylation is 1. The molecule has 1 aliphatic heterocycles. The fourth-order valence-electron chi connectivity index (χ4n) is 3.45. The van der Waals surface area contributed by atoms with Crippen molar-refractivity contribution in [3.8, 4) is 5.75 Å². The van der Waals surface area contributed by atoms with Gasteiger partial charge in [0, 0.05) is 17.5 Å². The van der Waals surface area contributed by atoms with Crippen molar-refractivity contribution >= 4 is 33.2 Å². The van der Waals surface area contributed by atoms with Crippen LogP contribution in [0.4, 0.5) is 5.69 Å². The molecule has 0 bridgehead atoms. The lowest BCUT2D eigenvalue weighted by atomic mass is 10.00. The number of hydrogen-bond acceptors (Lipinski definition) is 4. The number of ether oxygens (including phenoxy) is 1. The molecule has 6 nitrogen and oxygen atoms in total. The van der Waals surface area contributed by atoms with Crippen LogP contribution in [0.15, 0.2) is 71.6 Å². The number of amides is 1. The highest BCUT2D eigenvalue weighted by atomic mass is 35.5. The molecule has 3 aromatic carbocycles. The fraction of sp³-hybridized carbons (Fsp3) is 0.174. The summed E-state index contributed by atoms with van der Waals surface area (Å²) in [6.45, 7) is 2.27. The quantitative estimate of drug-likeness (QED) is 0.582. The zero-order chi connectivity index (χ0) is 22.0. The molecule has 1 heterocycles. The van der Waals surface area contributed by atoms with Gasteiger partial charge in [-0.25, -0.2) is 8.42 Å². The van der Waals surface area contributed by atoms with Crippen LogP contribution in [0.1, 0.15) is 33.9 Å². The first kappa shape index (κ1) is 21.2. The van der Waals surface area contributed by atoms with Gasteiger partial charge in [0.1, 0.15) is 5.75 Å². The molecule has 0 saturated heterocycles. The van der Waals surface area contributed by atoms with Gasteiger partial charge in [0.15, 0.2) is 0 Å². The molecule has 1 amide bonds. The van der Waals surface area contributed by atoms with Crippen molar-refractivity contribution in [2.75, 3.05) is 11.3 Å². The number of carbonyl (C=O) groups excluding carboxylic acids is 1. The second-order valence-electron chi connectivity index (χ2n) is 7.27. The monoisotopic (exact) mass is 456 g/mol. The lowest BCUT2D eigenvalue weighted by Crippen LogP contribution is -2.32. The number of hydrogen-bond donors (Lipinski definition) is 2. The molecule has 1 atom stereocenters. The molecule has 4 rings (SSSR count). The van der Waals surface area contributed by atoms with Crippen molar-refractivity contribution in [2.24, 2.45) is 0 Å². The molecule has 8 heteroatoms. The number of nitrogens with one attached hydrogen (secondary N) is 2. The van der Waals surface area contributed by atoms with Gasteiger partial charge < -0.3 is 10.1 Å². The number of carbonyl (C=O) groups is 1. The van der Waals surface area contributed by atoms with E-state index in [1.54, 1.807) is 18.2 Å². The van der Waals surface area contributed by atoms with Gasteiger partial charge in [-0.1, -0.05) is 41.9 Å². The Balaban J connectivity index is 1.49. The molecule has 31 heavy (non-hydrogen) atoms. The first-order chi connectivity index (χ1) is 14.8. The largest absolute Gasteiger partial charge is 0.492 e. The Morgan fingerprint density at radius 3 is 2.52 bits per heavy atom. The Bertz CT molecular complexity index is 1230. The average molecular weight is 457 g/mol. The van der Waals surface area contributed by atoms with Crippen LogP contribution in [0, 0.1) is 6.92 Å². The predicted octanol–water partition coefficient (Wildman–Crippen LogP) is 4.70. The van der Waals surface area contributed by atoms with Gasteiger partial charge in [-0.3, -0.25) is 9.52 Å². The van der Waals surface area contributed by atoms with Crippen LogP contribution in [0.25, 0.3) is 0 Å². The molecule has 0 saturated carbocycles. The third kappa shape index (κ3) is 4.52. The Hall–Kier alpha value is -3.03. The summed E-state index contributed by atoms with van der Waals surface area (Å²) in [5, 5.41) is 3.49. The van der Waals surface area contributed by atoms with Crippen LogP contribution in [-0.2, 0) is 10.0 Å². The van der Waals surface area contributed by atoms with E-state index >= 15 is 0 Å². The molecule has 160 valence electrons. The maximum absolute atomic E-state index is 12.8. The zero-order valence-corrected chi connectivity index (χ0v) is 18.3. The fourth-order valence-corrected chi connectivity index (χ4v) is 4.82. The summed E-state index contributed by atoms with van der Waals surface area (Å²) in [4.78, 5) is 12.8. The highest BCUT2D eigenvalue weighted by Gasteiger charge is 2.25. The molecular weight excluding hydrogens is 436 g/mol. The van der Waals surface area contributed by atoms with E-state index in [0.29, 0.717) is 35.1 Å². The number of anilines is 1. The van der Waals surface area contributed by atoms with E-state index in [0.717, 1.165) is 11.1 Å². The molecule has 0 spiro atoms. The molecule has 1 unspecified atom stereocenters. The van der Waals surface area contributed by atoms with E-state index in [4.69, 9.17) is 16.3 Å². The molecule has 0 aromatic heterocycles. The summed E-state index contributed by atoms with van der Waals surface area (Å²) >= 11 is 6.19. The third-order valence-electron chi connectivity index (χ3n) is 5.15. The van der Waals surface area contributed by atoms with Crippen molar-refractivity contribution < 1.29 is 17.9 Å². The number of halogens is 1. The SMILES string of the molecule is Cc1ccccc1NS(=O)(=O)c1ccc(C(=O)NC2CCOc3c(Cl)cccc32)cc1. The number of rotatable bonds is 5. The molecule has 0 aliphatic carbocycles. The second kappa shape index (κ2) is 8.61. The molecule has 0 fully saturated rings. The van der Waals surface area contributed by atoms with Crippen LogP contribution in [0.5, 0.6) is 5.75 Å². The Morgan fingerprint density at radius 1 is 1.03 bits per heavy atom. The van der Waals surface area contributed by atoms with Crippen LogP contribution in [0.3, 0.4) is 0 Å². The lowest BCUT2D eigenvalue weighted by Gasteiger charge is -2.27. The van der Waals surface area contributed by atoms with E-state index < -0.39 is 10.0 Å². The minimum atomic E-state index is -3.76. The summed E-state index contributed by atoms with van der Waals surface area (Å²) in [5.41, 5.74) is 2.53. The average Bonchev–Trinajstić information content (AvgIpc) is 2.76. The molecule has 2 N–H and O–H groups in total. The normalized spacial score (nSPS) is 15.5. The molecule has 0 radical (unpaired) electrons. The summed E-state index contributed by atoms with van der Waals surface area (Å²) in [5.74, 6) is 0.290. The number of fused-ring (bicyclic) bond motifs is 1. The van der Waals surface area contributed by atoms with Gasteiger partial charge >= 0.3 is 0 Å². The smallest absolute Gasteiger partial charge is 0.261 e. The van der Waals surface area contributed by atoms with Gasteiger partial charge in [-0.2, -0.15) is 0 Å². The number of benzene rings is 3. The first-order valence-corrected chi connectivity index (χ1v) is 11.6.